The van der Waals surface area contributed by atoms with Gasteiger partial charge in [-0.05, 0) is 43.3 Å². The summed E-state index contributed by atoms with van der Waals surface area (Å²) in [6, 6.07) is 8.93. The molecule has 1 amide bonds. The molecule has 0 aliphatic heterocycles. The van der Waals surface area contributed by atoms with Gasteiger partial charge in [0, 0.05) is 10.6 Å². The zero-order valence-corrected chi connectivity index (χ0v) is 14.6. The van der Waals surface area contributed by atoms with Crippen LogP contribution in [0.5, 0.6) is 5.75 Å². The Balaban J connectivity index is 2.12. The van der Waals surface area contributed by atoms with Crippen LogP contribution in [-0.4, -0.2) is 23.1 Å². The van der Waals surface area contributed by atoms with Crippen molar-refractivity contribution in [3.63, 3.8) is 0 Å². The van der Waals surface area contributed by atoms with Gasteiger partial charge in [0.1, 0.15) is 5.75 Å². The molecule has 0 aliphatic rings. The van der Waals surface area contributed by atoms with Crippen LogP contribution in [-0.2, 0) is 4.79 Å². The maximum Gasteiger partial charge on any atom is 0.344 e. The Morgan fingerprint density at radius 3 is 2.12 bits per heavy atom. The van der Waals surface area contributed by atoms with E-state index in [1.54, 1.807) is 0 Å². The summed E-state index contributed by atoms with van der Waals surface area (Å²) in [5, 5.41) is 12.2. The maximum absolute atomic E-state index is 12.2. The van der Waals surface area contributed by atoms with E-state index in [9.17, 15) is 9.59 Å². The number of carboxylic acid groups (broad SMARTS) is 1. The molecule has 2 rings (SSSR count). The molecule has 0 fully saturated rings. The smallest absolute Gasteiger partial charge is 0.344 e. The standard InChI is InChI=1S/C16H12Cl3NO4/c1-8(16(22)23)24-11-4-2-9(3-5-11)15(21)20-14-12(18)6-10(17)7-13(14)19/h2-8H,1H3,(H,20,21)(H,22,23). The van der Waals surface area contributed by atoms with Gasteiger partial charge in [-0.1, -0.05) is 34.8 Å². The number of ether oxygens (including phenoxy) is 1. The third-order valence-electron chi connectivity index (χ3n) is 3.02. The van der Waals surface area contributed by atoms with Crippen LogP contribution in [0, 0.1) is 0 Å². The molecule has 2 N–H and O–H groups in total. The van der Waals surface area contributed by atoms with E-state index in [1.165, 1.54) is 43.3 Å². The van der Waals surface area contributed by atoms with Gasteiger partial charge in [-0.25, -0.2) is 4.79 Å². The molecule has 0 aliphatic carbocycles. The maximum atomic E-state index is 12.2. The van der Waals surface area contributed by atoms with E-state index in [0.29, 0.717) is 16.3 Å². The molecule has 0 saturated heterocycles. The lowest BCUT2D eigenvalue weighted by molar-refractivity contribution is -0.144. The van der Waals surface area contributed by atoms with Crippen molar-refractivity contribution >= 4 is 52.4 Å². The van der Waals surface area contributed by atoms with Crippen LogP contribution < -0.4 is 10.1 Å². The molecule has 126 valence electrons. The molecule has 2 aromatic rings. The van der Waals surface area contributed by atoms with Crippen molar-refractivity contribution in [1.82, 2.24) is 0 Å². The minimum atomic E-state index is -1.08. The highest BCUT2D eigenvalue weighted by Gasteiger charge is 2.15. The Kier molecular flexibility index (Phi) is 5.94. The summed E-state index contributed by atoms with van der Waals surface area (Å²) in [5.74, 6) is -1.17. The Morgan fingerprint density at radius 1 is 1.08 bits per heavy atom. The average molecular weight is 389 g/mol. The number of carboxylic acids is 1. The first-order valence-corrected chi connectivity index (χ1v) is 7.86. The molecule has 0 heterocycles. The van der Waals surface area contributed by atoms with Crippen LogP contribution in [0.2, 0.25) is 15.1 Å². The zero-order chi connectivity index (χ0) is 17.9. The van der Waals surface area contributed by atoms with Gasteiger partial charge < -0.3 is 15.2 Å². The van der Waals surface area contributed by atoms with E-state index in [-0.39, 0.29) is 15.7 Å². The molecule has 1 atom stereocenters. The second-order valence-corrected chi connectivity index (χ2v) is 6.07. The summed E-state index contributed by atoms with van der Waals surface area (Å²) in [6.07, 6.45) is -0.989. The van der Waals surface area contributed by atoms with Crippen LogP contribution >= 0.6 is 34.8 Å². The number of amides is 1. The van der Waals surface area contributed by atoms with Gasteiger partial charge in [0.2, 0.25) is 0 Å². The summed E-state index contributed by atoms with van der Waals surface area (Å²) < 4.78 is 5.19. The van der Waals surface area contributed by atoms with Crippen molar-refractivity contribution in [3.05, 3.63) is 57.0 Å². The molecule has 2 aromatic carbocycles. The Bertz CT molecular complexity index is 754. The lowest BCUT2D eigenvalue weighted by Gasteiger charge is -2.12. The summed E-state index contributed by atoms with van der Waals surface area (Å²) in [7, 11) is 0. The van der Waals surface area contributed by atoms with Gasteiger partial charge in [-0.15, -0.1) is 0 Å². The van der Waals surface area contributed by atoms with Gasteiger partial charge in [0.15, 0.2) is 6.10 Å². The van der Waals surface area contributed by atoms with Crippen LogP contribution in [0.25, 0.3) is 0 Å². The molecule has 24 heavy (non-hydrogen) atoms. The van der Waals surface area contributed by atoms with E-state index >= 15 is 0 Å². The highest BCUT2D eigenvalue weighted by molar-refractivity contribution is 6.42. The van der Waals surface area contributed by atoms with Crippen molar-refractivity contribution in [1.29, 1.82) is 0 Å². The van der Waals surface area contributed by atoms with Crippen molar-refractivity contribution in [3.8, 4) is 5.75 Å². The third kappa shape index (κ3) is 4.54. The number of benzene rings is 2. The number of hydrogen-bond acceptors (Lipinski definition) is 3. The SMILES string of the molecule is CC(Oc1ccc(C(=O)Nc2c(Cl)cc(Cl)cc2Cl)cc1)C(=O)O. The molecular formula is C16H12Cl3NO4. The summed E-state index contributed by atoms with van der Waals surface area (Å²) in [5.41, 5.74) is 0.583. The van der Waals surface area contributed by atoms with Gasteiger partial charge in [0.25, 0.3) is 5.91 Å². The van der Waals surface area contributed by atoms with E-state index in [4.69, 9.17) is 44.6 Å². The quantitative estimate of drug-likeness (QED) is 0.775. The van der Waals surface area contributed by atoms with E-state index in [2.05, 4.69) is 5.32 Å². The first-order valence-electron chi connectivity index (χ1n) is 6.73. The average Bonchev–Trinajstić information content (AvgIpc) is 2.51. The number of nitrogens with one attached hydrogen (secondary N) is 1. The molecule has 0 bridgehead atoms. The molecule has 8 heteroatoms. The molecular weight excluding hydrogens is 377 g/mol. The number of hydrogen-bond donors (Lipinski definition) is 2. The number of aliphatic carboxylic acids is 1. The summed E-state index contributed by atoms with van der Waals surface area (Å²) in [4.78, 5) is 23.0. The predicted molar refractivity (Wildman–Crippen MR) is 93.6 cm³/mol. The number of carbonyl (C=O) groups excluding carboxylic acids is 1. The first-order chi connectivity index (χ1) is 11.3. The highest BCUT2D eigenvalue weighted by atomic mass is 35.5. The van der Waals surface area contributed by atoms with E-state index in [1.807, 2.05) is 0 Å². The zero-order valence-electron chi connectivity index (χ0n) is 12.3. The second kappa shape index (κ2) is 7.75. The minimum Gasteiger partial charge on any atom is -0.479 e. The lowest BCUT2D eigenvalue weighted by atomic mass is 10.2. The molecule has 0 spiro atoms. The topological polar surface area (TPSA) is 75.6 Å². The fourth-order valence-electron chi connectivity index (χ4n) is 1.79. The molecule has 0 radical (unpaired) electrons. The van der Waals surface area contributed by atoms with E-state index in [0.717, 1.165) is 0 Å². The Morgan fingerprint density at radius 2 is 1.62 bits per heavy atom. The normalized spacial score (nSPS) is 11.7. The number of rotatable bonds is 5. The molecule has 0 saturated carbocycles. The fourth-order valence-corrected chi connectivity index (χ4v) is 2.70. The Labute approximate surface area is 153 Å². The largest absolute Gasteiger partial charge is 0.479 e. The number of halogens is 3. The van der Waals surface area contributed by atoms with Crippen molar-refractivity contribution in [2.45, 2.75) is 13.0 Å². The summed E-state index contributed by atoms with van der Waals surface area (Å²) in [6.45, 7) is 1.41. The summed E-state index contributed by atoms with van der Waals surface area (Å²) >= 11 is 17.9. The Hall–Kier alpha value is -1.95. The predicted octanol–water partition coefficient (Wildman–Crippen LogP) is 4.75. The van der Waals surface area contributed by atoms with E-state index < -0.39 is 18.0 Å². The van der Waals surface area contributed by atoms with Crippen molar-refractivity contribution in [2.24, 2.45) is 0 Å². The van der Waals surface area contributed by atoms with Crippen LogP contribution in [0.4, 0.5) is 5.69 Å². The fraction of sp³-hybridized carbons (Fsp3) is 0.125. The number of anilines is 1. The molecule has 1 unspecified atom stereocenters. The van der Waals surface area contributed by atoms with Crippen LogP contribution in [0.1, 0.15) is 17.3 Å². The number of carbonyl (C=O) groups is 2. The molecule has 5 nitrogen and oxygen atoms in total. The minimum absolute atomic E-state index is 0.219. The second-order valence-electron chi connectivity index (χ2n) is 4.82. The van der Waals surface area contributed by atoms with Crippen molar-refractivity contribution in [2.75, 3.05) is 5.32 Å². The first kappa shape index (κ1) is 18.4. The third-order valence-corrected chi connectivity index (χ3v) is 3.84. The van der Waals surface area contributed by atoms with Gasteiger partial charge in [-0.3, -0.25) is 4.79 Å². The van der Waals surface area contributed by atoms with Gasteiger partial charge in [-0.2, -0.15) is 0 Å². The van der Waals surface area contributed by atoms with Gasteiger partial charge in [0.05, 0.1) is 15.7 Å². The van der Waals surface area contributed by atoms with Crippen molar-refractivity contribution < 1.29 is 19.4 Å². The monoisotopic (exact) mass is 387 g/mol. The van der Waals surface area contributed by atoms with Crippen LogP contribution in [0.15, 0.2) is 36.4 Å². The highest BCUT2D eigenvalue weighted by Crippen LogP contribution is 2.34. The molecule has 0 aromatic heterocycles. The lowest BCUT2D eigenvalue weighted by Crippen LogP contribution is -2.22. The van der Waals surface area contributed by atoms with Crippen LogP contribution in [0.3, 0.4) is 0 Å². The van der Waals surface area contributed by atoms with Gasteiger partial charge >= 0.3 is 5.97 Å².